The van der Waals surface area contributed by atoms with E-state index in [0.717, 1.165) is 18.2 Å². The molecule has 2 saturated heterocycles. The van der Waals surface area contributed by atoms with Crippen molar-refractivity contribution in [3.8, 4) is 0 Å². The quantitative estimate of drug-likeness (QED) is 0.0313. The van der Waals surface area contributed by atoms with E-state index in [1.807, 2.05) is 70.3 Å². The Bertz CT molecular complexity index is 1710. The zero-order valence-electron chi connectivity index (χ0n) is 33.8. The van der Waals surface area contributed by atoms with Crippen LogP contribution in [0.25, 0.3) is 10.4 Å². The lowest BCUT2D eigenvalue weighted by Gasteiger charge is -2.50. The monoisotopic (exact) mass is 814 g/mol. The van der Waals surface area contributed by atoms with Gasteiger partial charge in [-0.2, -0.15) is 0 Å². The molecule has 4 unspecified atom stereocenters. The molecule has 1 N–H and O–H groups in total. The molecule has 2 fully saturated rings. The summed E-state index contributed by atoms with van der Waals surface area (Å²) in [5, 5.41) is 11.7. The maximum absolute atomic E-state index is 13.5. The molecular weight excluding hydrogens is 761 g/mol. The number of azide groups is 1. The zero-order valence-corrected chi connectivity index (χ0v) is 34.8. The fourth-order valence-corrected chi connectivity index (χ4v) is 7.46. The standard InChI is InChI=1S/C39H54N4O13Si/c1-23(40)50-38-35(52-25(3)45)32(49-21-27-18-14-11-15-19-27)33(34(55-38)36(46)47-7)54-37-29(42-43-41)31(51-24(2)44)30(56-57(8,9)39(4,5)6)28(53-37)22-48-20-26-16-12-10-13-17-26/h10-19,28-35,37-38,40H,20-22H2,1-9H3/t28?,29-,30+,31?,32-,33-,34?,35?,37+,38-/m1/s1. The first kappa shape index (κ1) is 45.3. The first-order valence-corrected chi connectivity index (χ1v) is 21.5. The van der Waals surface area contributed by atoms with Gasteiger partial charge in [-0.15, -0.1) is 0 Å². The third kappa shape index (κ3) is 12.3. The first-order valence-electron chi connectivity index (χ1n) is 18.6. The summed E-state index contributed by atoms with van der Waals surface area (Å²) in [6, 6.07) is 17.1. The fourth-order valence-electron chi connectivity index (χ4n) is 6.14. The van der Waals surface area contributed by atoms with Crippen LogP contribution in [0.15, 0.2) is 65.8 Å². The van der Waals surface area contributed by atoms with Crippen LogP contribution >= 0.6 is 0 Å². The van der Waals surface area contributed by atoms with Gasteiger partial charge in [0.15, 0.2) is 32.7 Å². The smallest absolute Gasteiger partial charge is 0.338 e. The lowest BCUT2D eigenvalue weighted by atomic mass is 9.95. The molecule has 0 saturated carbocycles. The van der Waals surface area contributed by atoms with Crippen LogP contribution in [-0.2, 0) is 74.7 Å². The summed E-state index contributed by atoms with van der Waals surface area (Å²) in [5.74, 6) is -2.68. The van der Waals surface area contributed by atoms with Crippen LogP contribution in [0.5, 0.6) is 0 Å². The van der Waals surface area contributed by atoms with Gasteiger partial charge < -0.3 is 47.1 Å². The van der Waals surface area contributed by atoms with Crippen LogP contribution < -0.4 is 0 Å². The van der Waals surface area contributed by atoms with E-state index in [1.165, 1.54) is 20.8 Å². The molecule has 2 heterocycles. The highest BCUT2D eigenvalue weighted by molar-refractivity contribution is 6.74. The van der Waals surface area contributed by atoms with E-state index in [1.54, 1.807) is 24.3 Å². The van der Waals surface area contributed by atoms with Crippen molar-refractivity contribution in [3.05, 3.63) is 82.2 Å². The molecule has 2 aliphatic rings. The number of carbonyl (C=O) groups excluding carboxylic acids is 3. The molecule has 2 aromatic carbocycles. The summed E-state index contributed by atoms with van der Waals surface area (Å²) < 4.78 is 61.1. The Morgan fingerprint density at radius 1 is 0.807 bits per heavy atom. The highest BCUT2D eigenvalue weighted by atomic mass is 28.4. The van der Waals surface area contributed by atoms with Crippen LogP contribution in [0.2, 0.25) is 18.1 Å². The molecule has 2 aliphatic heterocycles. The van der Waals surface area contributed by atoms with Crippen molar-refractivity contribution < 1.29 is 61.4 Å². The molecule has 17 nitrogen and oxygen atoms in total. The van der Waals surface area contributed by atoms with E-state index in [0.29, 0.717) is 0 Å². The number of carbonyl (C=O) groups is 3. The van der Waals surface area contributed by atoms with Crippen LogP contribution in [-0.4, -0.2) is 107 Å². The number of nitrogens with zero attached hydrogens (tertiary/aromatic N) is 3. The number of esters is 3. The van der Waals surface area contributed by atoms with E-state index in [9.17, 15) is 19.9 Å². The number of ether oxygens (including phenoxy) is 9. The molecule has 18 heteroatoms. The van der Waals surface area contributed by atoms with E-state index >= 15 is 0 Å². The number of nitrogens with one attached hydrogen (secondary N) is 1. The predicted octanol–water partition coefficient (Wildman–Crippen LogP) is 5.74. The Balaban J connectivity index is 1.83. The molecule has 0 aromatic heterocycles. The molecular formula is C39H54N4O13Si. The van der Waals surface area contributed by atoms with E-state index in [-0.39, 0.29) is 30.8 Å². The maximum atomic E-state index is 13.5. The van der Waals surface area contributed by atoms with Crippen LogP contribution in [0.3, 0.4) is 0 Å². The highest BCUT2D eigenvalue weighted by Gasteiger charge is 2.58. The molecule has 0 spiro atoms. The largest absolute Gasteiger partial charge is 0.467 e. The summed E-state index contributed by atoms with van der Waals surface area (Å²) in [6.45, 7) is 13.9. The second-order valence-corrected chi connectivity index (χ2v) is 20.0. The lowest BCUT2D eigenvalue weighted by Crippen LogP contribution is -2.67. The Morgan fingerprint density at radius 2 is 1.39 bits per heavy atom. The number of methoxy groups -OCH3 is 1. The van der Waals surface area contributed by atoms with Gasteiger partial charge in [-0.1, -0.05) is 86.5 Å². The highest BCUT2D eigenvalue weighted by Crippen LogP contribution is 2.41. The average Bonchev–Trinajstić information content (AvgIpc) is 3.14. The summed E-state index contributed by atoms with van der Waals surface area (Å²) in [5.41, 5.74) is 11.5. The van der Waals surface area contributed by atoms with Gasteiger partial charge in [0.05, 0.1) is 26.9 Å². The molecule has 2 aromatic rings. The third-order valence-corrected chi connectivity index (χ3v) is 14.3. The lowest BCUT2D eigenvalue weighted by molar-refractivity contribution is -0.338. The third-order valence-electron chi connectivity index (χ3n) is 9.83. The van der Waals surface area contributed by atoms with Crippen LogP contribution in [0, 0.1) is 5.41 Å². The normalized spacial score (nSPS) is 27.7. The van der Waals surface area contributed by atoms with Gasteiger partial charge in [-0.3, -0.25) is 15.0 Å². The van der Waals surface area contributed by atoms with Gasteiger partial charge in [0.1, 0.15) is 36.6 Å². The molecule has 312 valence electrons. The van der Waals surface area contributed by atoms with Crippen molar-refractivity contribution in [2.75, 3.05) is 13.7 Å². The van der Waals surface area contributed by atoms with Crippen molar-refractivity contribution in [1.82, 2.24) is 0 Å². The fraction of sp³-hybridized carbons (Fsp3) is 0.590. The molecule has 0 radical (unpaired) electrons. The summed E-state index contributed by atoms with van der Waals surface area (Å²) >= 11 is 0. The minimum Gasteiger partial charge on any atom is -0.467 e. The van der Waals surface area contributed by atoms with Gasteiger partial charge in [0.25, 0.3) is 0 Å². The molecule has 4 rings (SSSR count). The van der Waals surface area contributed by atoms with E-state index in [4.69, 9.17) is 52.5 Å². The number of benzene rings is 2. The topological polar surface area (TPSA) is 216 Å². The van der Waals surface area contributed by atoms with Crippen molar-refractivity contribution in [1.29, 1.82) is 5.41 Å². The van der Waals surface area contributed by atoms with Crippen LogP contribution in [0.4, 0.5) is 0 Å². The number of rotatable bonds is 16. The molecule has 0 bridgehead atoms. The summed E-state index contributed by atoms with van der Waals surface area (Å²) in [7, 11) is -1.52. The Labute approximate surface area is 333 Å². The number of hydrogen-bond donors (Lipinski definition) is 1. The van der Waals surface area contributed by atoms with Crippen molar-refractivity contribution in [2.24, 2.45) is 5.11 Å². The Kier molecular flexibility index (Phi) is 16.2. The van der Waals surface area contributed by atoms with Gasteiger partial charge in [0.2, 0.25) is 6.29 Å². The first-order chi connectivity index (χ1) is 26.9. The van der Waals surface area contributed by atoms with Crippen LogP contribution in [0.1, 0.15) is 52.7 Å². The minimum absolute atomic E-state index is 0.0624. The Hall–Kier alpha value is -4.39. The van der Waals surface area contributed by atoms with Gasteiger partial charge in [0, 0.05) is 25.7 Å². The summed E-state index contributed by atoms with van der Waals surface area (Å²) in [6.07, 6.45) is -12.3. The second-order valence-electron chi connectivity index (χ2n) is 15.2. The number of hydrogen-bond acceptors (Lipinski definition) is 15. The second kappa shape index (κ2) is 20.3. The summed E-state index contributed by atoms with van der Waals surface area (Å²) in [4.78, 5) is 41.9. The van der Waals surface area contributed by atoms with Gasteiger partial charge >= 0.3 is 17.9 Å². The van der Waals surface area contributed by atoms with E-state index in [2.05, 4.69) is 10.0 Å². The average molecular weight is 815 g/mol. The zero-order chi connectivity index (χ0) is 41.9. The van der Waals surface area contributed by atoms with Crippen molar-refractivity contribution in [2.45, 2.75) is 134 Å². The van der Waals surface area contributed by atoms with Crippen molar-refractivity contribution >= 4 is 32.1 Å². The molecule has 10 atom stereocenters. The van der Waals surface area contributed by atoms with E-state index < -0.39 is 87.6 Å². The molecule has 57 heavy (non-hydrogen) atoms. The van der Waals surface area contributed by atoms with Crippen molar-refractivity contribution in [3.63, 3.8) is 0 Å². The Morgan fingerprint density at radius 3 is 1.91 bits per heavy atom. The maximum Gasteiger partial charge on any atom is 0.338 e. The van der Waals surface area contributed by atoms with Gasteiger partial charge in [-0.05, 0) is 34.8 Å². The predicted molar refractivity (Wildman–Crippen MR) is 206 cm³/mol. The minimum atomic E-state index is -2.66. The molecule has 0 amide bonds. The van der Waals surface area contributed by atoms with Gasteiger partial charge in [-0.25, -0.2) is 4.79 Å². The SMILES string of the molecule is COC(=O)C1O[C@@H](OC(C)=N)C(OC(C)=O)[C@H](OCc2ccccc2)[C@H]1O[C@@H]1OC(COCc2ccccc2)[C@H](O[Si](C)(C)C(C)(C)C)C(OC(C)=O)[C@H]1N=[N+]=[N-]. The molecule has 0 aliphatic carbocycles.